The van der Waals surface area contributed by atoms with E-state index in [0.717, 1.165) is 45.1 Å². The maximum absolute atomic E-state index is 14.6. The zero-order valence-electron chi connectivity index (χ0n) is 20.2. The van der Waals surface area contributed by atoms with Gasteiger partial charge in [-0.15, -0.1) is 0 Å². The van der Waals surface area contributed by atoms with Gasteiger partial charge >= 0.3 is 0 Å². The summed E-state index contributed by atoms with van der Waals surface area (Å²) in [5.41, 5.74) is 3.08. The number of rotatable bonds is 6. The van der Waals surface area contributed by atoms with Crippen LogP contribution in [-0.2, 0) is 27.3 Å². The summed E-state index contributed by atoms with van der Waals surface area (Å²) in [6.07, 6.45) is 4.27. The summed E-state index contributed by atoms with van der Waals surface area (Å²) in [6, 6.07) is 10.5. The van der Waals surface area contributed by atoms with E-state index >= 15 is 0 Å². The molecular weight excluding hydrogens is 517 g/mol. The number of carbonyl (C=O) groups is 3. The smallest absolute Gasteiger partial charge is 0.294 e. The second kappa shape index (κ2) is 10.7. The quantitative estimate of drug-likeness (QED) is 0.413. The number of ether oxygens (including phenoxy) is 1. The van der Waals surface area contributed by atoms with Crippen LogP contribution in [0.4, 0.5) is 9.18 Å². The van der Waals surface area contributed by atoms with Crippen LogP contribution in [0.3, 0.4) is 0 Å². The molecule has 10 heteroatoms. The van der Waals surface area contributed by atoms with Crippen LogP contribution in [0, 0.1) is 5.82 Å². The van der Waals surface area contributed by atoms with Crippen molar-refractivity contribution in [1.82, 2.24) is 14.4 Å². The van der Waals surface area contributed by atoms with Crippen molar-refractivity contribution in [1.29, 1.82) is 0 Å². The molecule has 0 bridgehead atoms. The first-order valence-electron chi connectivity index (χ1n) is 12.0. The van der Waals surface area contributed by atoms with Gasteiger partial charge in [-0.05, 0) is 42.0 Å². The number of halogens is 2. The number of carbonyl (C=O) groups excluding carboxylic acids is 3. The molecule has 2 aliphatic heterocycles. The molecule has 0 N–H and O–H groups in total. The number of nitrogens with zero attached hydrogens (tertiary/aromatic N) is 3. The second-order valence-electron chi connectivity index (χ2n) is 8.84. The zero-order chi connectivity index (χ0) is 26.1. The van der Waals surface area contributed by atoms with E-state index in [1.165, 1.54) is 6.07 Å². The molecule has 5 rings (SSSR count). The first-order chi connectivity index (χ1) is 17.9. The summed E-state index contributed by atoms with van der Waals surface area (Å²) in [5, 5.41) is 0.737. The first kappa shape index (κ1) is 25.5. The molecule has 0 aliphatic carbocycles. The fourth-order valence-corrected chi connectivity index (χ4v) is 5.72. The number of morpholine rings is 1. The maximum atomic E-state index is 14.6. The number of hydrogen-bond acceptors (Lipinski definition) is 5. The lowest BCUT2D eigenvalue weighted by molar-refractivity contribution is -0.139. The van der Waals surface area contributed by atoms with E-state index in [1.54, 1.807) is 23.1 Å². The first-order valence-corrected chi connectivity index (χ1v) is 13.2. The van der Waals surface area contributed by atoms with Gasteiger partial charge in [0.2, 0.25) is 5.91 Å². The largest absolute Gasteiger partial charge is 0.378 e. The Labute approximate surface area is 222 Å². The molecule has 0 radical (unpaired) electrons. The van der Waals surface area contributed by atoms with E-state index in [9.17, 15) is 18.8 Å². The van der Waals surface area contributed by atoms with E-state index in [1.807, 2.05) is 35.9 Å². The molecule has 3 amide bonds. The predicted octanol–water partition coefficient (Wildman–Crippen LogP) is 4.94. The van der Waals surface area contributed by atoms with Crippen molar-refractivity contribution in [2.75, 3.05) is 32.8 Å². The van der Waals surface area contributed by atoms with Crippen molar-refractivity contribution in [3.05, 3.63) is 75.0 Å². The van der Waals surface area contributed by atoms with Crippen molar-refractivity contribution < 1.29 is 23.5 Å². The fraction of sp³-hybridized carbons (Fsp3) is 0.296. The fourth-order valence-electron chi connectivity index (χ4n) is 4.67. The Kier molecular flexibility index (Phi) is 7.37. The summed E-state index contributed by atoms with van der Waals surface area (Å²) in [5.74, 6) is -1.17. The molecule has 1 aromatic heterocycles. The Morgan fingerprint density at radius 2 is 1.92 bits per heavy atom. The Hall–Kier alpha value is -3.14. The van der Waals surface area contributed by atoms with Gasteiger partial charge < -0.3 is 14.2 Å². The Bertz CT molecular complexity index is 1410. The number of fused-ring (bicyclic) bond motifs is 1. The van der Waals surface area contributed by atoms with Crippen molar-refractivity contribution in [3.8, 4) is 0 Å². The number of para-hydroxylation sites is 1. The van der Waals surface area contributed by atoms with Crippen LogP contribution in [0.2, 0.25) is 5.02 Å². The highest BCUT2D eigenvalue weighted by atomic mass is 35.5. The second-order valence-corrected chi connectivity index (χ2v) is 10.2. The molecule has 0 saturated carbocycles. The molecule has 2 aromatic carbocycles. The zero-order valence-corrected chi connectivity index (χ0v) is 21.8. The van der Waals surface area contributed by atoms with Gasteiger partial charge in [-0.25, -0.2) is 4.39 Å². The molecule has 0 atom stereocenters. The number of imide groups is 1. The van der Waals surface area contributed by atoms with Crippen molar-refractivity contribution in [2.45, 2.75) is 19.9 Å². The van der Waals surface area contributed by atoms with Crippen molar-refractivity contribution in [3.63, 3.8) is 0 Å². The molecule has 37 heavy (non-hydrogen) atoms. The van der Waals surface area contributed by atoms with Gasteiger partial charge in [0, 0.05) is 40.8 Å². The third kappa shape index (κ3) is 5.03. The van der Waals surface area contributed by atoms with Gasteiger partial charge in [-0.2, -0.15) is 0 Å². The minimum absolute atomic E-state index is 0.211. The van der Waals surface area contributed by atoms with E-state index in [2.05, 4.69) is 0 Å². The van der Waals surface area contributed by atoms with E-state index in [4.69, 9.17) is 16.3 Å². The lowest BCUT2D eigenvalue weighted by Gasteiger charge is -2.28. The van der Waals surface area contributed by atoms with Crippen LogP contribution in [0.15, 0.2) is 47.5 Å². The lowest BCUT2D eigenvalue weighted by atomic mass is 10.1. The molecule has 3 aromatic rings. The number of thioether (sulfide) groups is 1. The molecule has 0 spiro atoms. The number of amides is 3. The lowest BCUT2D eigenvalue weighted by Crippen LogP contribution is -2.46. The molecule has 7 nitrogen and oxygen atoms in total. The summed E-state index contributed by atoms with van der Waals surface area (Å²) < 4.78 is 21.8. The highest BCUT2D eigenvalue weighted by molar-refractivity contribution is 8.18. The summed E-state index contributed by atoms with van der Waals surface area (Å²) >= 11 is 7.12. The molecule has 2 aliphatic rings. The molecular formula is C27H25ClFN3O4S. The summed E-state index contributed by atoms with van der Waals surface area (Å²) in [7, 11) is 0. The van der Waals surface area contributed by atoms with Gasteiger partial charge in [-0.3, -0.25) is 19.3 Å². The molecule has 2 fully saturated rings. The number of hydrogen-bond donors (Lipinski definition) is 0. The van der Waals surface area contributed by atoms with Gasteiger partial charge in [0.05, 0.1) is 30.2 Å². The number of benzene rings is 2. The van der Waals surface area contributed by atoms with Crippen LogP contribution >= 0.6 is 23.4 Å². The van der Waals surface area contributed by atoms with Crippen LogP contribution in [0.25, 0.3) is 17.0 Å². The van der Waals surface area contributed by atoms with Crippen LogP contribution in [0.1, 0.15) is 23.6 Å². The standard InChI is InChI=1S/C27H25ClFN3O4S/c1-2-17-5-3-6-19-18(14-31(25(17)19)15-20-21(28)7-4-8-22(20)29)13-23-26(34)32(27(35)37-23)16-24(33)30-9-11-36-12-10-30/h3-8,13-14H,2,9-12,15-16H2,1H3/b23-13-. The van der Waals surface area contributed by atoms with E-state index in [0.29, 0.717) is 36.9 Å². The minimum Gasteiger partial charge on any atom is -0.378 e. The third-order valence-corrected chi connectivity index (χ3v) is 7.86. The van der Waals surface area contributed by atoms with E-state index < -0.39 is 17.0 Å². The average molecular weight is 542 g/mol. The average Bonchev–Trinajstić information content (AvgIpc) is 3.38. The van der Waals surface area contributed by atoms with E-state index in [-0.39, 0.29) is 23.9 Å². The normalized spacial score (nSPS) is 17.4. The molecule has 0 unspecified atom stereocenters. The molecule has 3 heterocycles. The SMILES string of the molecule is CCc1cccc2c(/C=C3\SC(=O)N(CC(=O)N4CCOCC4)C3=O)cn(Cc3c(F)cccc3Cl)c12. The summed E-state index contributed by atoms with van der Waals surface area (Å²) in [6.45, 7) is 3.72. The van der Waals surface area contributed by atoms with Crippen molar-refractivity contribution >= 4 is 57.4 Å². The number of aryl methyl sites for hydroxylation is 1. The Balaban J connectivity index is 1.47. The van der Waals surface area contributed by atoms with Crippen molar-refractivity contribution in [2.24, 2.45) is 0 Å². The van der Waals surface area contributed by atoms with Gasteiger partial charge in [-0.1, -0.05) is 42.8 Å². The summed E-state index contributed by atoms with van der Waals surface area (Å²) in [4.78, 5) is 41.3. The predicted molar refractivity (Wildman–Crippen MR) is 142 cm³/mol. The molecule has 2 saturated heterocycles. The topological polar surface area (TPSA) is 71.9 Å². The Morgan fingerprint density at radius 3 is 2.65 bits per heavy atom. The van der Waals surface area contributed by atoms with Gasteiger partial charge in [0.15, 0.2) is 0 Å². The maximum Gasteiger partial charge on any atom is 0.294 e. The monoisotopic (exact) mass is 541 g/mol. The third-order valence-electron chi connectivity index (χ3n) is 6.60. The highest BCUT2D eigenvalue weighted by Crippen LogP contribution is 2.35. The number of aromatic nitrogens is 1. The minimum atomic E-state index is -0.499. The van der Waals surface area contributed by atoms with Crippen LogP contribution in [0.5, 0.6) is 0 Å². The van der Waals surface area contributed by atoms with Crippen LogP contribution < -0.4 is 0 Å². The Morgan fingerprint density at radius 1 is 1.16 bits per heavy atom. The van der Waals surface area contributed by atoms with Crippen LogP contribution in [-0.4, -0.2) is 64.3 Å². The van der Waals surface area contributed by atoms with Gasteiger partial charge in [0.1, 0.15) is 12.4 Å². The highest BCUT2D eigenvalue weighted by Gasteiger charge is 2.37. The molecule has 192 valence electrons. The van der Waals surface area contributed by atoms with Gasteiger partial charge in [0.25, 0.3) is 11.1 Å².